The maximum absolute atomic E-state index is 2.38. The van der Waals surface area contributed by atoms with E-state index in [1.54, 1.807) is 0 Å². The van der Waals surface area contributed by atoms with E-state index in [1.807, 2.05) is 0 Å². The van der Waals surface area contributed by atoms with Gasteiger partial charge in [0.25, 0.3) is 0 Å². The predicted molar refractivity (Wildman–Crippen MR) is 215 cm³/mol. The van der Waals surface area contributed by atoms with Crippen molar-refractivity contribution in [2.75, 3.05) is 0 Å². The number of hydrogen-bond donors (Lipinski definition) is 0. The van der Waals surface area contributed by atoms with Gasteiger partial charge in [-0.1, -0.05) is 209 Å². The van der Waals surface area contributed by atoms with Gasteiger partial charge in [-0.15, -0.1) is 0 Å². The Kier molecular flexibility index (Phi) is 19.6. The van der Waals surface area contributed by atoms with Crippen LogP contribution in [0.4, 0.5) is 0 Å². The molecular formula is C46H80. The molecule has 264 valence electrons. The van der Waals surface area contributed by atoms with Crippen molar-refractivity contribution in [1.29, 1.82) is 0 Å². The van der Waals surface area contributed by atoms with Crippen LogP contribution in [-0.4, -0.2) is 0 Å². The molecule has 3 aliphatic rings. The summed E-state index contributed by atoms with van der Waals surface area (Å²) >= 11 is 0. The van der Waals surface area contributed by atoms with Crippen molar-refractivity contribution in [2.24, 2.45) is 35.5 Å². The first-order chi connectivity index (χ1) is 22.0. The molecule has 0 amide bonds. The second-order valence-electron chi connectivity index (χ2n) is 16.0. The zero-order valence-corrected chi connectivity index (χ0v) is 32.1. The van der Waals surface area contributed by atoms with E-state index in [0.29, 0.717) is 0 Å². The zero-order valence-electron chi connectivity index (χ0n) is 32.1. The molecule has 0 unspecified atom stereocenters. The van der Waals surface area contributed by atoms with Crippen LogP contribution in [0.5, 0.6) is 0 Å². The lowest BCUT2D eigenvalue weighted by atomic mass is 9.82. The maximum Gasteiger partial charge on any atom is 0 e. The molecule has 0 N–H and O–H groups in total. The lowest BCUT2D eigenvalue weighted by Gasteiger charge is -2.24. The molecule has 0 atom stereocenters. The smallest absolute Gasteiger partial charge is 0 e. The van der Waals surface area contributed by atoms with Crippen molar-refractivity contribution < 1.29 is 4.28 Å². The third-order valence-corrected chi connectivity index (χ3v) is 11.0. The van der Waals surface area contributed by atoms with Gasteiger partial charge in [-0.25, -0.2) is 0 Å². The van der Waals surface area contributed by atoms with E-state index in [9.17, 15) is 0 Å². The van der Waals surface area contributed by atoms with Crippen LogP contribution in [0.3, 0.4) is 0 Å². The van der Waals surface area contributed by atoms with Gasteiger partial charge in [-0.3, -0.25) is 0 Å². The Labute approximate surface area is 292 Å². The number of rotatable bonds is 2. The topological polar surface area (TPSA) is 0 Å². The van der Waals surface area contributed by atoms with Crippen LogP contribution in [0.1, 0.15) is 158 Å². The highest BCUT2D eigenvalue weighted by Gasteiger charge is 2.16. The monoisotopic (exact) mass is 633 g/mol. The van der Waals surface area contributed by atoms with Crippen LogP contribution < -0.4 is 0 Å². The first-order valence-corrected chi connectivity index (χ1v) is 19.5. The van der Waals surface area contributed by atoms with Crippen molar-refractivity contribution in [3.8, 4) is 0 Å². The fraction of sp³-hybridized carbons (Fsp3) is 0.652. The lowest BCUT2D eigenvalue weighted by molar-refractivity contribution is 0.284. The van der Waals surface area contributed by atoms with Crippen molar-refractivity contribution in [2.45, 2.75) is 159 Å². The highest BCUT2D eigenvalue weighted by molar-refractivity contribution is 5.83. The van der Waals surface area contributed by atoms with Gasteiger partial charge in [0, 0.05) is 4.28 Å². The lowest BCUT2D eigenvalue weighted by Crippen LogP contribution is -2.10. The molecule has 3 aliphatic carbocycles. The Morgan fingerprint density at radius 1 is 0.435 bits per heavy atom. The number of fused-ring (bicyclic) bond motifs is 1. The molecular weight excluding hydrogens is 553 g/mol. The number of benzene rings is 3. The molecule has 0 nitrogen and oxygen atoms in total. The van der Waals surface area contributed by atoms with Gasteiger partial charge in [0.1, 0.15) is 0 Å². The summed E-state index contributed by atoms with van der Waals surface area (Å²) in [4.78, 5) is 0. The summed E-state index contributed by atoms with van der Waals surface area (Å²) in [6.45, 7) is 22.7. The molecule has 0 aliphatic heterocycles. The molecule has 46 heavy (non-hydrogen) atoms. The van der Waals surface area contributed by atoms with Crippen LogP contribution >= 0.6 is 0 Å². The summed E-state index contributed by atoms with van der Waals surface area (Å²) in [6, 6.07) is 21.8. The molecule has 3 fully saturated rings. The number of hydrogen-bond acceptors (Lipinski definition) is 0. The summed E-state index contributed by atoms with van der Waals surface area (Å²) in [7, 11) is 0. The molecule has 0 radical (unpaired) electrons. The van der Waals surface area contributed by atoms with Crippen molar-refractivity contribution in [3.63, 3.8) is 0 Å². The summed E-state index contributed by atoms with van der Waals surface area (Å²) in [5, 5.41) is 2.67. The van der Waals surface area contributed by atoms with E-state index < -0.39 is 0 Å². The largest absolute Gasteiger partial charge is 0.0651 e. The quantitative estimate of drug-likeness (QED) is 0.264. The Morgan fingerprint density at radius 2 is 0.739 bits per heavy atom. The third-order valence-electron chi connectivity index (χ3n) is 11.0. The molecule has 0 saturated heterocycles. The van der Waals surface area contributed by atoms with Gasteiger partial charge >= 0.3 is 0 Å². The van der Waals surface area contributed by atoms with Crippen LogP contribution in [0, 0.1) is 56.3 Å². The van der Waals surface area contributed by atoms with E-state index in [4.69, 9.17) is 0 Å². The second kappa shape index (κ2) is 22.5. The molecule has 0 heterocycles. The molecule has 0 aromatic heterocycles. The third kappa shape index (κ3) is 17.2. The molecule has 0 spiro atoms. The number of aryl methyl sites for hydroxylation is 4. The Bertz CT molecular complexity index is 1100. The fourth-order valence-electron chi connectivity index (χ4n) is 6.90. The standard InChI is InChI=1S/C12H12.C9H18.C9H12.2C8H16.3H2/c1-9-3-5-12-8-10(2)4-6-11(12)7-9;2*1-3-9-6-4-8(2)5-7-9;2*1-7-3-5-8(2)6-4-7;;;/h3-8H,1-2H3;8-9H,3-7H2,1-2H3;4-7H,3H2,1-2H3;2*7-8H,3-6H2,1-2H3;3*1H. The normalized spacial score (nSPS) is 25.6. The summed E-state index contributed by atoms with van der Waals surface area (Å²) < 4.78 is 0. The minimum Gasteiger partial charge on any atom is -0.0651 e. The van der Waals surface area contributed by atoms with Gasteiger partial charge in [-0.05, 0) is 79.0 Å². The summed E-state index contributed by atoms with van der Waals surface area (Å²) in [5.74, 6) is 6.17. The van der Waals surface area contributed by atoms with Crippen LogP contribution in [-0.2, 0) is 6.42 Å². The van der Waals surface area contributed by atoms with Gasteiger partial charge < -0.3 is 0 Å². The minimum absolute atomic E-state index is 0. The highest BCUT2D eigenvalue weighted by Crippen LogP contribution is 2.30. The SMILES string of the molecule is CC1CCC(C)CC1.CC1CCC(C)CC1.CCC1CCC(C)CC1.CCc1ccc(C)cc1.Cc1ccc2cc(C)ccc2c1.[HH].[HH].[HH]. The van der Waals surface area contributed by atoms with E-state index in [1.165, 1.54) is 116 Å². The summed E-state index contributed by atoms with van der Waals surface area (Å²) in [6.07, 6.45) is 20.3. The Balaban J connectivity index is 0. The van der Waals surface area contributed by atoms with Crippen LogP contribution in [0.2, 0.25) is 0 Å². The first kappa shape index (κ1) is 40.1. The van der Waals surface area contributed by atoms with Crippen molar-refractivity contribution >= 4 is 10.8 Å². The van der Waals surface area contributed by atoms with Crippen molar-refractivity contribution in [1.82, 2.24) is 0 Å². The van der Waals surface area contributed by atoms with E-state index >= 15 is 0 Å². The molecule has 0 heteroatoms. The molecule has 6 rings (SSSR count). The van der Waals surface area contributed by atoms with Crippen LogP contribution in [0.25, 0.3) is 10.8 Å². The zero-order chi connectivity index (χ0) is 33.9. The van der Waals surface area contributed by atoms with Crippen LogP contribution in [0.15, 0.2) is 60.7 Å². The first-order valence-electron chi connectivity index (χ1n) is 19.5. The minimum atomic E-state index is 0. The predicted octanol–water partition coefficient (Wildman–Crippen LogP) is 15.6. The molecule has 3 aromatic carbocycles. The van der Waals surface area contributed by atoms with Gasteiger partial charge in [0.2, 0.25) is 0 Å². The highest BCUT2D eigenvalue weighted by atomic mass is 14.2. The van der Waals surface area contributed by atoms with Crippen molar-refractivity contribution in [3.05, 3.63) is 82.9 Å². The molecule has 3 aromatic rings. The molecule has 3 saturated carbocycles. The average molecular weight is 633 g/mol. The van der Waals surface area contributed by atoms with E-state index in [2.05, 4.69) is 130 Å². The molecule has 0 bridgehead atoms. The average Bonchev–Trinajstić information content (AvgIpc) is 3.06. The van der Waals surface area contributed by atoms with E-state index in [-0.39, 0.29) is 4.28 Å². The fourth-order valence-corrected chi connectivity index (χ4v) is 6.90. The van der Waals surface area contributed by atoms with Gasteiger partial charge in [-0.2, -0.15) is 0 Å². The maximum atomic E-state index is 2.38. The van der Waals surface area contributed by atoms with Gasteiger partial charge in [0.15, 0.2) is 0 Å². The Hall–Kier alpha value is -2.08. The van der Waals surface area contributed by atoms with E-state index in [0.717, 1.165) is 41.9 Å². The summed E-state index contributed by atoms with van der Waals surface area (Å²) in [5.41, 5.74) is 5.41. The second-order valence-corrected chi connectivity index (χ2v) is 16.0. The van der Waals surface area contributed by atoms with Gasteiger partial charge in [0.05, 0.1) is 0 Å². The Morgan fingerprint density at radius 3 is 1.04 bits per heavy atom.